The average Bonchev–Trinajstić information content (AvgIpc) is 2.68. The Morgan fingerprint density at radius 2 is 2.25 bits per heavy atom. The van der Waals surface area contributed by atoms with E-state index in [4.69, 9.17) is 5.84 Å². The molecule has 2 rings (SSSR count). The first kappa shape index (κ1) is 10.8. The van der Waals surface area contributed by atoms with E-state index in [1.54, 1.807) is 15.9 Å². The largest absolute Gasteiger partial charge is 0.294 e. The van der Waals surface area contributed by atoms with Gasteiger partial charge in [-0.2, -0.15) is 5.10 Å². The Morgan fingerprint density at radius 3 is 3.00 bits per heavy atom. The van der Waals surface area contributed by atoms with Crippen LogP contribution in [0.5, 0.6) is 0 Å². The molecule has 2 aromatic heterocycles. The van der Waals surface area contributed by atoms with Crippen LogP contribution in [0.1, 0.15) is 19.8 Å². The van der Waals surface area contributed by atoms with Gasteiger partial charge in [0.05, 0.1) is 11.6 Å². The minimum absolute atomic E-state index is 0.742. The summed E-state index contributed by atoms with van der Waals surface area (Å²) in [5.41, 5.74) is 0.803. The predicted molar refractivity (Wildman–Crippen MR) is 62.7 cm³/mol. The Bertz CT molecular complexity index is 477. The van der Waals surface area contributed by atoms with Gasteiger partial charge in [-0.1, -0.05) is 13.3 Å². The number of fused-ring (bicyclic) bond motifs is 1. The van der Waals surface area contributed by atoms with Gasteiger partial charge in [0, 0.05) is 13.6 Å². The minimum atomic E-state index is 0.742. The zero-order valence-electron chi connectivity index (χ0n) is 9.59. The van der Waals surface area contributed by atoms with Gasteiger partial charge in [-0.3, -0.25) is 9.69 Å². The van der Waals surface area contributed by atoms with Crippen molar-refractivity contribution in [3.63, 3.8) is 0 Å². The van der Waals surface area contributed by atoms with E-state index in [1.807, 2.05) is 7.05 Å². The molecule has 2 N–H and O–H groups in total. The molecule has 0 bridgehead atoms. The van der Waals surface area contributed by atoms with E-state index in [0.29, 0.717) is 0 Å². The van der Waals surface area contributed by atoms with Crippen molar-refractivity contribution in [1.29, 1.82) is 0 Å². The molecule has 0 saturated carbocycles. The normalized spacial score (nSPS) is 10.9. The molecule has 0 amide bonds. The highest BCUT2D eigenvalue weighted by Crippen LogP contribution is 2.19. The number of hydrogen-bond donors (Lipinski definition) is 1. The van der Waals surface area contributed by atoms with Gasteiger partial charge in [0.15, 0.2) is 11.5 Å². The number of hydrogen-bond acceptors (Lipinski definition) is 5. The fourth-order valence-corrected chi connectivity index (χ4v) is 1.61. The number of aromatic nitrogens is 4. The van der Waals surface area contributed by atoms with Gasteiger partial charge in [0.1, 0.15) is 6.33 Å². The average molecular weight is 220 g/mol. The smallest absolute Gasteiger partial charge is 0.163 e. The van der Waals surface area contributed by atoms with Crippen LogP contribution in [0.15, 0.2) is 12.5 Å². The van der Waals surface area contributed by atoms with Gasteiger partial charge in [0.25, 0.3) is 0 Å². The van der Waals surface area contributed by atoms with Crippen molar-refractivity contribution in [2.75, 3.05) is 11.6 Å². The SMILES string of the molecule is CCCCN(N)c1ncnc2c1cnn2C. The Balaban J connectivity index is 2.36. The van der Waals surface area contributed by atoms with Gasteiger partial charge in [-0.05, 0) is 6.42 Å². The summed E-state index contributed by atoms with van der Waals surface area (Å²) in [5.74, 6) is 6.70. The number of rotatable bonds is 4. The van der Waals surface area contributed by atoms with Crippen molar-refractivity contribution in [2.24, 2.45) is 12.9 Å². The first-order valence-electron chi connectivity index (χ1n) is 5.39. The van der Waals surface area contributed by atoms with Crippen LogP contribution in [0.3, 0.4) is 0 Å². The molecule has 6 nitrogen and oxygen atoms in total. The highest BCUT2D eigenvalue weighted by molar-refractivity contribution is 5.86. The number of unbranched alkanes of at least 4 members (excludes halogenated alkanes) is 1. The summed E-state index contributed by atoms with van der Waals surface area (Å²) in [4.78, 5) is 8.38. The van der Waals surface area contributed by atoms with Crippen molar-refractivity contribution in [3.05, 3.63) is 12.5 Å². The second-order valence-corrected chi connectivity index (χ2v) is 3.75. The summed E-state index contributed by atoms with van der Waals surface area (Å²) in [5, 5.41) is 6.71. The molecular formula is C10H16N6. The van der Waals surface area contributed by atoms with Crippen LogP contribution in [0, 0.1) is 0 Å². The third-order valence-corrected chi connectivity index (χ3v) is 2.53. The summed E-state index contributed by atoms with van der Waals surface area (Å²) in [6.45, 7) is 2.92. The van der Waals surface area contributed by atoms with Crippen LogP contribution in [0.2, 0.25) is 0 Å². The van der Waals surface area contributed by atoms with Crippen LogP contribution < -0.4 is 10.9 Å². The lowest BCUT2D eigenvalue weighted by Gasteiger charge is -2.17. The number of anilines is 1. The molecule has 0 atom stereocenters. The van der Waals surface area contributed by atoms with E-state index in [-0.39, 0.29) is 0 Å². The first-order valence-corrected chi connectivity index (χ1v) is 5.39. The molecule has 2 aromatic rings. The minimum Gasteiger partial charge on any atom is -0.294 e. The molecular weight excluding hydrogens is 204 g/mol. The zero-order chi connectivity index (χ0) is 11.5. The Morgan fingerprint density at radius 1 is 1.44 bits per heavy atom. The van der Waals surface area contributed by atoms with Gasteiger partial charge in [-0.25, -0.2) is 15.8 Å². The van der Waals surface area contributed by atoms with E-state index in [0.717, 1.165) is 36.2 Å². The van der Waals surface area contributed by atoms with E-state index in [1.165, 1.54) is 6.33 Å². The lowest BCUT2D eigenvalue weighted by Crippen LogP contribution is -2.32. The van der Waals surface area contributed by atoms with E-state index in [9.17, 15) is 0 Å². The maximum atomic E-state index is 5.96. The molecule has 0 saturated heterocycles. The van der Waals surface area contributed by atoms with Crippen molar-refractivity contribution >= 4 is 16.9 Å². The van der Waals surface area contributed by atoms with Crippen molar-refractivity contribution in [1.82, 2.24) is 19.7 Å². The van der Waals surface area contributed by atoms with Crippen LogP contribution in [0.25, 0.3) is 11.0 Å². The second kappa shape index (κ2) is 4.44. The lowest BCUT2D eigenvalue weighted by atomic mass is 10.3. The van der Waals surface area contributed by atoms with Gasteiger partial charge in [-0.15, -0.1) is 0 Å². The second-order valence-electron chi connectivity index (χ2n) is 3.75. The van der Waals surface area contributed by atoms with Crippen LogP contribution in [-0.2, 0) is 7.05 Å². The number of aryl methyl sites for hydroxylation is 1. The van der Waals surface area contributed by atoms with Crippen molar-refractivity contribution < 1.29 is 0 Å². The molecule has 0 spiro atoms. The summed E-state index contributed by atoms with van der Waals surface area (Å²) in [6.07, 6.45) is 5.42. The maximum Gasteiger partial charge on any atom is 0.163 e. The molecule has 0 aliphatic carbocycles. The molecule has 16 heavy (non-hydrogen) atoms. The number of nitrogens with two attached hydrogens (primary N) is 1. The fraction of sp³-hybridized carbons (Fsp3) is 0.500. The molecule has 0 unspecified atom stereocenters. The Kier molecular flexibility index (Phi) is 3.00. The lowest BCUT2D eigenvalue weighted by molar-refractivity contribution is 0.731. The monoisotopic (exact) mass is 220 g/mol. The number of nitrogens with zero attached hydrogens (tertiary/aromatic N) is 5. The highest BCUT2D eigenvalue weighted by atomic mass is 15.4. The van der Waals surface area contributed by atoms with Crippen molar-refractivity contribution in [3.8, 4) is 0 Å². The zero-order valence-corrected chi connectivity index (χ0v) is 9.59. The molecule has 0 aliphatic rings. The topological polar surface area (TPSA) is 72.9 Å². The van der Waals surface area contributed by atoms with E-state index >= 15 is 0 Å². The standard InChI is InChI=1S/C10H16N6/c1-3-4-5-16(11)10-8-6-14-15(2)9(8)12-7-13-10/h6-7H,3-5,11H2,1-2H3. The highest BCUT2D eigenvalue weighted by Gasteiger charge is 2.11. The van der Waals surface area contributed by atoms with Gasteiger partial charge >= 0.3 is 0 Å². The summed E-state index contributed by atoms with van der Waals surface area (Å²) >= 11 is 0. The van der Waals surface area contributed by atoms with Gasteiger partial charge < -0.3 is 0 Å². The van der Waals surface area contributed by atoms with Crippen LogP contribution in [-0.4, -0.2) is 26.3 Å². The van der Waals surface area contributed by atoms with Gasteiger partial charge in [0.2, 0.25) is 0 Å². The summed E-state index contributed by atoms with van der Waals surface area (Å²) < 4.78 is 1.72. The Labute approximate surface area is 94.1 Å². The molecule has 6 heteroatoms. The third kappa shape index (κ3) is 1.83. The molecule has 0 fully saturated rings. The molecule has 86 valence electrons. The van der Waals surface area contributed by atoms with E-state index < -0.39 is 0 Å². The Hall–Kier alpha value is -1.69. The molecule has 0 aliphatic heterocycles. The van der Waals surface area contributed by atoms with Crippen LogP contribution >= 0.6 is 0 Å². The number of hydrazine groups is 1. The van der Waals surface area contributed by atoms with Crippen molar-refractivity contribution in [2.45, 2.75) is 19.8 Å². The third-order valence-electron chi connectivity index (χ3n) is 2.53. The fourth-order valence-electron chi connectivity index (χ4n) is 1.61. The van der Waals surface area contributed by atoms with E-state index in [2.05, 4.69) is 22.0 Å². The maximum absolute atomic E-state index is 5.96. The summed E-state index contributed by atoms with van der Waals surface area (Å²) in [6, 6.07) is 0. The predicted octanol–water partition coefficient (Wildman–Crippen LogP) is 0.844. The molecule has 0 radical (unpaired) electrons. The summed E-state index contributed by atoms with van der Waals surface area (Å²) in [7, 11) is 1.85. The molecule has 0 aromatic carbocycles. The van der Waals surface area contributed by atoms with Crippen LogP contribution in [0.4, 0.5) is 5.82 Å². The quantitative estimate of drug-likeness (QED) is 0.610. The first-order chi connectivity index (χ1) is 7.74. The molecule has 2 heterocycles.